The third kappa shape index (κ3) is 2.71. The van der Waals surface area contributed by atoms with E-state index in [1.807, 2.05) is 36.4 Å². The summed E-state index contributed by atoms with van der Waals surface area (Å²) in [5.41, 5.74) is 4.88. The van der Waals surface area contributed by atoms with Gasteiger partial charge >= 0.3 is 0 Å². The molecule has 1 aliphatic carbocycles. The van der Waals surface area contributed by atoms with Crippen molar-refractivity contribution in [1.82, 2.24) is 10.2 Å². The molecule has 0 amide bonds. The zero-order chi connectivity index (χ0) is 18.1. The van der Waals surface area contributed by atoms with E-state index in [9.17, 15) is 4.79 Å². The van der Waals surface area contributed by atoms with Gasteiger partial charge in [-0.05, 0) is 41.3 Å². The highest BCUT2D eigenvalue weighted by molar-refractivity contribution is 5.84. The predicted molar refractivity (Wildman–Crippen MR) is 102 cm³/mol. The first kappa shape index (κ1) is 16.3. The van der Waals surface area contributed by atoms with Gasteiger partial charge in [-0.25, -0.2) is 0 Å². The molecule has 2 N–H and O–H groups in total. The quantitative estimate of drug-likeness (QED) is 0.754. The highest BCUT2D eigenvalue weighted by atomic mass is 16.5. The minimum Gasteiger partial charge on any atom is -0.493 e. The van der Waals surface area contributed by atoms with Crippen LogP contribution in [-0.4, -0.2) is 24.4 Å². The highest BCUT2D eigenvalue weighted by Gasteiger charge is 2.28. The van der Waals surface area contributed by atoms with Crippen molar-refractivity contribution >= 4 is 11.6 Å². The smallest absolute Gasteiger partial charge is 0.268 e. The average molecular weight is 348 g/mol. The lowest BCUT2D eigenvalue weighted by atomic mass is 9.80. The second kappa shape index (κ2) is 6.59. The van der Waals surface area contributed by atoms with E-state index >= 15 is 0 Å². The Balaban J connectivity index is 1.83. The number of benzene rings is 2. The van der Waals surface area contributed by atoms with E-state index in [2.05, 4.69) is 28.4 Å². The number of allylic oxidation sites excluding steroid dienone is 1. The fraction of sp³-hybridized carbons (Fsp3) is 0.190. The molecule has 0 bridgehead atoms. The fourth-order valence-electron chi connectivity index (χ4n) is 3.60. The summed E-state index contributed by atoms with van der Waals surface area (Å²) in [6, 6.07) is 16.1. The lowest BCUT2D eigenvalue weighted by Gasteiger charge is -2.24. The zero-order valence-corrected chi connectivity index (χ0v) is 14.7. The summed E-state index contributed by atoms with van der Waals surface area (Å²) in [4.78, 5) is 12.4. The standard InChI is InChI=1S/C21H20N2O3/c1-25-18-9-8-14(12-19(18)26-2)16-10-15(13-6-4-3-5-7-13)11-17-20(16)21(24)23-22-17/h3-9,11-12,16H,10H2,1-2H3,(H2,22,23,24). The van der Waals surface area contributed by atoms with Gasteiger partial charge in [0.25, 0.3) is 5.56 Å². The van der Waals surface area contributed by atoms with Crippen LogP contribution in [0.25, 0.3) is 11.6 Å². The molecule has 5 heteroatoms. The van der Waals surface area contributed by atoms with Crippen LogP contribution in [0, 0.1) is 0 Å². The second-order valence-corrected chi connectivity index (χ2v) is 6.31. The van der Waals surface area contributed by atoms with E-state index in [1.54, 1.807) is 14.2 Å². The summed E-state index contributed by atoms with van der Waals surface area (Å²) in [5, 5.41) is 5.73. The van der Waals surface area contributed by atoms with Gasteiger partial charge in [-0.3, -0.25) is 15.0 Å². The zero-order valence-electron chi connectivity index (χ0n) is 14.7. The molecule has 0 aliphatic heterocycles. The molecule has 1 atom stereocenters. The van der Waals surface area contributed by atoms with Crippen molar-refractivity contribution in [2.45, 2.75) is 12.3 Å². The number of aromatic amines is 2. The minimum atomic E-state index is -0.0804. The van der Waals surface area contributed by atoms with Crippen LogP contribution in [-0.2, 0) is 0 Å². The maximum Gasteiger partial charge on any atom is 0.268 e. The third-order valence-electron chi connectivity index (χ3n) is 4.89. The molecule has 3 aromatic rings. The monoisotopic (exact) mass is 348 g/mol. The maximum atomic E-state index is 12.4. The molecular formula is C21H20N2O3. The van der Waals surface area contributed by atoms with Crippen LogP contribution in [0.4, 0.5) is 0 Å². The number of H-pyrrole nitrogens is 2. The molecule has 4 rings (SSSR count). The van der Waals surface area contributed by atoms with Crippen LogP contribution in [0.2, 0.25) is 0 Å². The van der Waals surface area contributed by atoms with Gasteiger partial charge in [0.1, 0.15) is 0 Å². The van der Waals surface area contributed by atoms with Crippen LogP contribution < -0.4 is 15.0 Å². The number of aromatic nitrogens is 2. The van der Waals surface area contributed by atoms with Crippen molar-refractivity contribution in [1.29, 1.82) is 0 Å². The summed E-state index contributed by atoms with van der Waals surface area (Å²) >= 11 is 0. The van der Waals surface area contributed by atoms with Gasteiger partial charge in [0.2, 0.25) is 0 Å². The topological polar surface area (TPSA) is 67.1 Å². The maximum absolute atomic E-state index is 12.4. The van der Waals surface area contributed by atoms with E-state index in [4.69, 9.17) is 9.47 Å². The largest absolute Gasteiger partial charge is 0.493 e. The molecule has 26 heavy (non-hydrogen) atoms. The summed E-state index contributed by atoms with van der Waals surface area (Å²) in [6.07, 6.45) is 2.80. The van der Waals surface area contributed by atoms with Gasteiger partial charge in [-0.15, -0.1) is 0 Å². The highest BCUT2D eigenvalue weighted by Crippen LogP contribution is 2.41. The van der Waals surface area contributed by atoms with Crippen LogP contribution >= 0.6 is 0 Å². The molecule has 0 fully saturated rings. The molecule has 1 unspecified atom stereocenters. The van der Waals surface area contributed by atoms with E-state index in [0.29, 0.717) is 11.5 Å². The molecule has 1 aliphatic rings. The SMILES string of the molecule is COc1ccc(C2CC(c3ccccc3)=Cc3[nH][nH]c(=O)c32)cc1OC. The van der Waals surface area contributed by atoms with Crippen molar-refractivity contribution in [3.05, 3.63) is 81.3 Å². The van der Waals surface area contributed by atoms with Gasteiger partial charge in [-0.1, -0.05) is 36.4 Å². The lowest BCUT2D eigenvalue weighted by Crippen LogP contribution is -2.16. The number of hydrogen-bond acceptors (Lipinski definition) is 3. The Morgan fingerprint density at radius 3 is 2.46 bits per heavy atom. The Labute approximate surface area is 151 Å². The van der Waals surface area contributed by atoms with Gasteiger partial charge in [0.15, 0.2) is 11.5 Å². The molecule has 0 spiro atoms. The van der Waals surface area contributed by atoms with Crippen molar-refractivity contribution in [3.8, 4) is 11.5 Å². The van der Waals surface area contributed by atoms with Crippen molar-refractivity contribution in [3.63, 3.8) is 0 Å². The summed E-state index contributed by atoms with van der Waals surface area (Å²) in [6.45, 7) is 0. The lowest BCUT2D eigenvalue weighted by molar-refractivity contribution is 0.354. The van der Waals surface area contributed by atoms with Crippen LogP contribution in [0.3, 0.4) is 0 Å². The van der Waals surface area contributed by atoms with Crippen molar-refractivity contribution in [2.24, 2.45) is 0 Å². The van der Waals surface area contributed by atoms with Crippen LogP contribution in [0.15, 0.2) is 53.3 Å². The normalized spacial score (nSPS) is 15.9. The number of methoxy groups -OCH3 is 2. The van der Waals surface area contributed by atoms with Gasteiger partial charge in [0, 0.05) is 5.92 Å². The molecule has 2 aromatic carbocycles. The molecule has 1 heterocycles. The average Bonchev–Trinajstić information content (AvgIpc) is 3.08. The Morgan fingerprint density at radius 2 is 1.73 bits per heavy atom. The van der Waals surface area contributed by atoms with Crippen molar-refractivity contribution in [2.75, 3.05) is 14.2 Å². The number of nitrogens with one attached hydrogen (secondary N) is 2. The molecule has 132 valence electrons. The van der Waals surface area contributed by atoms with Gasteiger partial charge in [-0.2, -0.15) is 0 Å². The van der Waals surface area contributed by atoms with Gasteiger partial charge < -0.3 is 9.47 Å². The number of hydrogen-bond donors (Lipinski definition) is 2. The minimum absolute atomic E-state index is 0.0555. The first-order valence-corrected chi connectivity index (χ1v) is 8.49. The summed E-state index contributed by atoms with van der Waals surface area (Å²) in [7, 11) is 3.23. The molecule has 0 saturated carbocycles. The van der Waals surface area contributed by atoms with E-state index in [1.165, 1.54) is 5.57 Å². The first-order valence-electron chi connectivity index (χ1n) is 8.49. The number of fused-ring (bicyclic) bond motifs is 1. The van der Waals surface area contributed by atoms with E-state index < -0.39 is 0 Å². The third-order valence-corrected chi connectivity index (χ3v) is 4.89. The second-order valence-electron chi connectivity index (χ2n) is 6.31. The first-order chi connectivity index (χ1) is 12.7. The van der Waals surface area contributed by atoms with E-state index in [0.717, 1.165) is 28.8 Å². The summed E-state index contributed by atoms with van der Waals surface area (Å²) < 4.78 is 10.8. The number of ether oxygens (including phenoxy) is 2. The molecule has 5 nitrogen and oxygen atoms in total. The molecular weight excluding hydrogens is 328 g/mol. The Morgan fingerprint density at radius 1 is 0.962 bits per heavy atom. The Hall–Kier alpha value is -3.21. The summed E-state index contributed by atoms with van der Waals surface area (Å²) in [5.74, 6) is 1.28. The number of rotatable bonds is 4. The van der Waals surface area contributed by atoms with Crippen LogP contribution in [0.1, 0.15) is 34.7 Å². The molecule has 1 aromatic heterocycles. The van der Waals surface area contributed by atoms with E-state index in [-0.39, 0.29) is 11.5 Å². The van der Waals surface area contributed by atoms with Crippen LogP contribution in [0.5, 0.6) is 11.5 Å². The predicted octanol–water partition coefficient (Wildman–Crippen LogP) is 3.80. The van der Waals surface area contributed by atoms with Gasteiger partial charge in [0.05, 0.1) is 25.5 Å². The molecule has 0 radical (unpaired) electrons. The Kier molecular flexibility index (Phi) is 4.13. The molecule has 0 saturated heterocycles. The Bertz CT molecular complexity index is 1020. The van der Waals surface area contributed by atoms with Crippen molar-refractivity contribution < 1.29 is 9.47 Å². The fourth-order valence-corrected chi connectivity index (χ4v) is 3.60.